The largest absolute Gasteiger partial charge is 0.353 e. The molecule has 0 heterocycles. The van der Waals surface area contributed by atoms with E-state index in [1.807, 2.05) is 18.2 Å². The molecule has 0 radical (unpaired) electrons. The van der Waals surface area contributed by atoms with E-state index >= 15 is 0 Å². The van der Waals surface area contributed by atoms with Gasteiger partial charge in [0.05, 0.1) is 0 Å². The molecule has 2 nitrogen and oxygen atoms in total. The molecule has 0 aromatic heterocycles. The molecule has 0 aliphatic carbocycles. The fourth-order valence-electron chi connectivity index (χ4n) is 1.83. The van der Waals surface area contributed by atoms with E-state index in [4.69, 9.17) is 0 Å². The highest BCUT2D eigenvalue weighted by atomic mass is 32.2. The molecule has 4 heteroatoms. The Morgan fingerprint density at radius 2 is 1.82 bits per heavy atom. The lowest BCUT2D eigenvalue weighted by atomic mass is 10.2. The van der Waals surface area contributed by atoms with Crippen molar-refractivity contribution >= 4 is 23.7 Å². The average molecular weight is 315 g/mol. The van der Waals surface area contributed by atoms with E-state index in [-0.39, 0.29) is 11.7 Å². The van der Waals surface area contributed by atoms with Crippen LogP contribution in [0.1, 0.15) is 12.0 Å². The maximum atomic E-state index is 13.4. The van der Waals surface area contributed by atoms with Gasteiger partial charge in [0.25, 0.3) is 0 Å². The summed E-state index contributed by atoms with van der Waals surface area (Å²) in [7, 11) is 0. The molecule has 0 aliphatic heterocycles. The molecule has 22 heavy (non-hydrogen) atoms. The summed E-state index contributed by atoms with van der Waals surface area (Å²) in [6.07, 6.45) is 3.74. The summed E-state index contributed by atoms with van der Waals surface area (Å²) in [5.74, 6) is 0.417. The highest BCUT2D eigenvalue weighted by Crippen LogP contribution is 2.17. The van der Waals surface area contributed by atoms with Crippen molar-refractivity contribution in [2.45, 2.75) is 11.3 Å². The summed E-state index contributed by atoms with van der Waals surface area (Å²) in [5.41, 5.74) is 0.414. The average Bonchev–Trinajstić information content (AvgIpc) is 2.55. The van der Waals surface area contributed by atoms with E-state index < -0.39 is 0 Å². The summed E-state index contributed by atoms with van der Waals surface area (Å²) in [4.78, 5) is 12.9. The van der Waals surface area contributed by atoms with Crippen molar-refractivity contribution in [1.29, 1.82) is 0 Å². The number of hydrogen-bond acceptors (Lipinski definition) is 2. The Morgan fingerprint density at radius 1 is 1.09 bits per heavy atom. The van der Waals surface area contributed by atoms with Crippen LogP contribution >= 0.6 is 11.8 Å². The molecule has 114 valence electrons. The Hall–Kier alpha value is -2.07. The van der Waals surface area contributed by atoms with Crippen LogP contribution in [0.5, 0.6) is 0 Å². The number of rotatable bonds is 7. The van der Waals surface area contributed by atoms with Crippen molar-refractivity contribution in [1.82, 2.24) is 5.32 Å². The van der Waals surface area contributed by atoms with Gasteiger partial charge < -0.3 is 5.32 Å². The zero-order chi connectivity index (χ0) is 15.6. The van der Waals surface area contributed by atoms with E-state index in [9.17, 15) is 9.18 Å². The Labute approximate surface area is 134 Å². The lowest BCUT2D eigenvalue weighted by molar-refractivity contribution is -0.116. The van der Waals surface area contributed by atoms with Crippen molar-refractivity contribution < 1.29 is 9.18 Å². The second-order valence-corrected chi connectivity index (χ2v) is 5.83. The summed E-state index contributed by atoms with van der Waals surface area (Å²) in [6, 6.07) is 16.5. The van der Waals surface area contributed by atoms with Gasteiger partial charge in [-0.2, -0.15) is 0 Å². The molecule has 0 atom stereocenters. The summed E-state index contributed by atoms with van der Waals surface area (Å²) >= 11 is 1.77. The minimum atomic E-state index is -0.328. The van der Waals surface area contributed by atoms with Crippen LogP contribution in [0.2, 0.25) is 0 Å². The highest BCUT2D eigenvalue weighted by molar-refractivity contribution is 7.99. The molecule has 2 aromatic carbocycles. The van der Waals surface area contributed by atoms with Gasteiger partial charge in [0.15, 0.2) is 0 Å². The molecule has 0 aliphatic rings. The van der Waals surface area contributed by atoms with Crippen LogP contribution in [0.4, 0.5) is 4.39 Å². The van der Waals surface area contributed by atoms with Gasteiger partial charge >= 0.3 is 0 Å². The molecule has 0 bridgehead atoms. The third-order valence-corrected chi connectivity index (χ3v) is 4.05. The number of amides is 1. The monoisotopic (exact) mass is 315 g/mol. The first-order valence-corrected chi connectivity index (χ1v) is 8.12. The van der Waals surface area contributed by atoms with E-state index in [2.05, 4.69) is 17.4 Å². The molecule has 0 unspecified atom stereocenters. The molecular weight excluding hydrogens is 297 g/mol. The zero-order valence-electron chi connectivity index (χ0n) is 12.2. The Balaban J connectivity index is 1.65. The number of carbonyl (C=O) groups excluding carboxylic acids is 1. The third kappa shape index (κ3) is 5.74. The first-order valence-electron chi connectivity index (χ1n) is 7.14. The zero-order valence-corrected chi connectivity index (χ0v) is 13.0. The van der Waals surface area contributed by atoms with Crippen LogP contribution in [0, 0.1) is 5.82 Å². The molecule has 0 saturated carbocycles. The van der Waals surface area contributed by atoms with Crippen molar-refractivity contribution in [3.8, 4) is 0 Å². The Bertz CT molecular complexity index is 628. The van der Waals surface area contributed by atoms with Gasteiger partial charge in [0, 0.05) is 23.1 Å². The quantitative estimate of drug-likeness (QED) is 0.473. The fourth-order valence-corrected chi connectivity index (χ4v) is 2.70. The predicted octanol–water partition coefficient (Wildman–Crippen LogP) is 4.14. The smallest absolute Gasteiger partial charge is 0.244 e. The number of hydrogen-bond donors (Lipinski definition) is 1. The molecule has 0 fully saturated rings. The Morgan fingerprint density at radius 3 is 2.59 bits per heavy atom. The molecule has 0 saturated heterocycles. The van der Waals surface area contributed by atoms with Crippen molar-refractivity contribution in [2.24, 2.45) is 0 Å². The second kappa shape index (κ2) is 9.05. The molecule has 2 rings (SSSR count). The number of thioether (sulfide) groups is 1. The normalized spacial score (nSPS) is 10.8. The maximum Gasteiger partial charge on any atom is 0.244 e. The second-order valence-electron chi connectivity index (χ2n) is 4.66. The SMILES string of the molecule is O=C(/C=C/c1ccccc1F)NCCCSc1ccccc1. The van der Waals surface area contributed by atoms with Crippen LogP contribution in [0.15, 0.2) is 65.6 Å². The fraction of sp³-hybridized carbons (Fsp3) is 0.167. The van der Waals surface area contributed by atoms with Crippen molar-refractivity contribution in [2.75, 3.05) is 12.3 Å². The lowest BCUT2D eigenvalue weighted by Crippen LogP contribution is -2.22. The van der Waals surface area contributed by atoms with E-state index in [1.54, 1.807) is 30.0 Å². The van der Waals surface area contributed by atoms with Crippen molar-refractivity contribution in [3.05, 3.63) is 72.1 Å². The molecular formula is C18H18FNOS. The molecule has 1 N–H and O–H groups in total. The van der Waals surface area contributed by atoms with E-state index in [1.165, 1.54) is 23.1 Å². The van der Waals surface area contributed by atoms with Crippen LogP contribution in [0.3, 0.4) is 0 Å². The first-order chi connectivity index (χ1) is 10.8. The van der Waals surface area contributed by atoms with Gasteiger partial charge in [0.2, 0.25) is 5.91 Å². The Kier molecular flexibility index (Phi) is 6.71. The van der Waals surface area contributed by atoms with Crippen molar-refractivity contribution in [3.63, 3.8) is 0 Å². The minimum Gasteiger partial charge on any atom is -0.353 e. The maximum absolute atomic E-state index is 13.4. The van der Waals surface area contributed by atoms with Crippen LogP contribution < -0.4 is 5.32 Å². The van der Waals surface area contributed by atoms with Gasteiger partial charge in [-0.25, -0.2) is 4.39 Å². The number of nitrogens with one attached hydrogen (secondary N) is 1. The summed E-state index contributed by atoms with van der Waals surface area (Å²) in [5, 5.41) is 2.80. The minimum absolute atomic E-state index is 0.201. The van der Waals surface area contributed by atoms with Crippen LogP contribution in [-0.2, 0) is 4.79 Å². The number of benzene rings is 2. The lowest BCUT2D eigenvalue weighted by Gasteiger charge is -2.03. The standard InChI is InChI=1S/C18H18FNOS/c19-17-10-5-4-7-15(17)11-12-18(21)20-13-6-14-22-16-8-2-1-3-9-16/h1-5,7-12H,6,13-14H2,(H,20,21)/b12-11+. The highest BCUT2D eigenvalue weighted by Gasteiger charge is 1.98. The molecule has 1 amide bonds. The van der Waals surface area contributed by atoms with Crippen LogP contribution in [-0.4, -0.2) is 18.2 Å². The van der Waals surface area contributed by atoms with Gasteiger partial charge in [-0.1, -0.05) is 36.4 Å². The number of halogens is 1. The topological polar surface area (TPSA) is 29.1 Å². The molecule has 0 spiro atoms. The predicted molar refractivity (Wildman–Crippen MR) is 90.2 cm³/mol. The van der Waals surface area contributed by atoms with Gasteiger partial charge in [-0.3, -0.25) is 4.79 Å². The van der Waals surface area contributed by atoms with E-state index in [0.29, 0.717) is 12.1 Å². The van der Waals surface area contributed by atoms with Crippen LogP contribution in [0.25, 0.3) is 6.08 Å². The third-order valence-electron chi connectivity index (χ3n) is 2.95. The first kappa shape index (κ1) is 16.3. The molecule has 2 aromatic rings. The van der Waals surface area contributed by atoms with Gasteiger partial charge in [-0.05, 0) is 36.4 Å². The summed E-state index contributed by atoms with van der Waals surface area (Å²) in [6.45, 7) is 0.611. The van der Waals surface area contributed by atoms with Gasteiger partial charge in [0.1, 0.15) is 5.82 Å². The van der Waals surface area contributed by atoms with E-state index in [0.717, 1.165) is 12.2 Å². The summed E-state index contributed by atoms with van der Waals surface area (Å²) < 4.78 is 13.4. The number of carbonyl (C=O) groups is 1. The van der Waals surface area contributed by atoms with Gasteiger partial charge in [-0.15, -0.1) is 11.8 Å².